The van der Waals surface area contributed by atoms with Crippen molar-refractivity contribution in [2.75, 3.05) is 13.2 Å². The van der Waals surface area contributed by atoms with E-state index in [1.807, 2.05) is 18.5 Å². The molecular weight excluding hydrogens is 250 g/mol. The number of nitrogens with zero attached hydrogens (tertiary/aromatic N) is 1. The van der Waals surface area contributed by atoms with Crippen molar-refractivity contribution in [2.45, 2.75) is 64.1 Å². The van der Waals surface area contributed by atoms with E-state index in [1.165, 1.54) is 44.1 Å². The Balaban J connectivity index is 1.38. The molecule has 1 aliphatic rings. The first-order valence-corrected chi connectivity index (χ1v) is 8.07. The van der Waals surface area contributed by atoms with Crippen LogP contribution in [0.4, 0.5) is 0 Å². The minimum absolute atomic E-state index is 0.0781. The van der Waals surface area contributed by atoms with Crippen LogP contribution in [0.15, 0.2) is 24.5 Å². The summed E-state index contributed by atoms with van der Waals surface area (Å²) >= 11 is 0. The molecule has 3 nitrogen and oxygen atoms in total. The van der Waals surface area contributed by atoms with Crippen LogP contribution < -0.4 is 0 Å². The van der Waals surface area contributed by atoms with E-state index in [2.05, 4.69) is 11.1 Å². The molecule has 112 valence electrons. The summed E-state index contributed by atoms with van der Waals surface area (Å²) < 4.78 is 11.3. The van der Waals surface area contributed by atoms with E-state index < -0.39 is 0 Å². The lowest BCUT2D eigenvalue weighted by molar-refractivity contribution is -0.162. The first-order chi connectivity index (χ1) is 9.95. The average molecular weight is 277 g/mol. The van der Waals surface area contributed by atoms with Gasteiger partial charge in [-0.3, -0.25) is 4.98 Å². The molecule has 3 heteroatoms. The Kier molecular flexibility index (Phi) is 7.65. The first kappa shape index (κ1) is 15.5. The lowest BCUT2D eigenvalue weighted by Gasteiger charge is -2.22. The Morgan fingerprint density at radius 2 is 2.05 bits per heavy atom. The third kappa shape index (κ3) is 6.49. The molecule has 1 fully saturated rings. The van der Waals surface area contributed by atoms with Crippen molar-refractivity contribution in [1.29, 1.82) is 0 Å². The topological polar surface area (TPSA) is 31.4 Å². The van der Waals surface area contributed by atoms with Crippen LogP contribution in [0.1, 0.15) is 56.9 Å². The van der Waals surface area contributed by atoms with Crippen LogP contribution in [-0.4, -0.2) is 24.5 Å². The summed E-state index contributed by atoms with van der Waals surface area (Å²) in [7, 11) is 0. The van der Waals surface area contributed by atoms with Gasteiger partial charge in [0, 0.05) is 25.6 Å². The first-order valence-electron chi connectivity index (χ1n) is 8.07. The molecule has 1 saturated heterocycles. The van der Waals surface area contributed by atoms with E-state index in [-0.39, 0.29) is 6.29 Å². The Hall–Kier alpha value is -0.930. The fourth-order valence-corrected chi connectivity index (χ4v) is 2.56. The van der Waals surface area contributed by atoms with Gasteiger partial charge in [-0.25, -0.2) is 0 Å². The predicted octanol–water partition coefficient (Wildman–Crippen LogP) is 4.12. The SMILES string of the molecule is c1cncc(CCCCCCCOC2CCCCO2)c1. The van der Waals surface area contributed by atoms with Crippen LogP contribution in [0.5, 0.6) is 0 Å². The van der Waals surface area contributed by atoms with Gasteiger partial charge < -0.3 is 9.47 Å². The number of hydrogen-bond donors (Lipinski definition) is 0. The van der Waals surface area contributed by atoms with Crippen LogP contribution >= 0.6 is 0 Å². The van der Waals surface area contributed by atoms with E-state index in [0.29, 0.717) is 0 Å². The van der Waals surface area contributed by atoms with E-state index >= 15 is 0 Å². The molecule has 0 aromatic carbocycles. The molecule has 0 saturated carbocycles. The number of pyridine rings is 1. The van der Waals surface area contributed by atoms with Crippen LogP contribution in [0.25, 0.3) is 0 Å². The molecule has 20 heavy (non-hydrogen) atoms. The van der Waals surface area contributed by atoms with Gasteiger partial charge in [0.25, 0.3) is 0 Å². The molecule has 0 spiro atoms. The van der Waals surface area contributed by atoms with Gasteiger partial charge in [0.2, 0.25) is 0 Å². The van der Waals surface area contributed by atoms with Gasteiger partial charge in [-0.2, -0.15) is 0 Å². The molecule has 0 amide bonds. The fourth-order valence-electron chi connectivity index (χ4n) is 2.56. The number of ether oxygens (including phenoxy) is 2. The van der Waals surface area contributed by atoms with Gasteiger partial charge >= 0.3 is 0 Å². The Labute approximate surface area is 122 Å². The molecule has 0 aliphatic carbocycles. The Morgan fingerprint density at radius 1 is 1.15 bits per heavy atom. The summed E-state index contributed by atoms with van der Waals surface area (Å²) in [5.74, 6) is 0. The van der Waals surface area contributed by atoms with Crippen molar-refractivity contribution in [3.05, 3.63) is 30.1 Å². The van der Waals surface area contributed by atoms with Gasteiger partial charge in [0.05, 0.1) is 0 Å². The second-order valence-electron chi connectivity index (χ2n) is 5.55. The van der Waals surface area contributed by atoms with Crippen molar-refractivity contribution >= 4 is 0 Å². The molecule has 1 aromatic rings. The molecule has 2 rings (SSSR count). The molecule has 0 radical (unpaired) electrons. The zero-order chi connectivity index (χ0) is 13.9. The van der Waals surface area contributed by atoms with E-state index in [4.69, 9.17) is 9.47 Å². The van der Waals surface area contributed by atoms with Crippen molar-refractivity contribution in [3.8, 4) is 0 Å². The zero-order valence-electron chi connectivity index (χ0n) is 12.4. The standard InChI is InChI=1S/C17H27NO2/c1(2-4-9-16-10-8-12-18-15-16)3-6-13-19-17-11-5-7-14-20-17/h8,10,12,15,17H,1-7,9,11,13-14H2. The maximum Gasteiger partial charge on any atom is 0.157 e. The lowest BCUT2D eigenvalue weighted by atomic mass is 10.1. The fraction of sp³-hybridized carbons (Fsp3) is 0.706. The van der Waals surface area contributed by atoms with Gasteiger partial charge in [0.15, 0.2) is 6.29 Å². The van der Waals surface area contributed by atoms with Gasteiger partial charge in [-0.05, 0) is 50.2 Å². The maximum atomic E-state index is 5.73. The minimum atomic E-state index is 0.0781. The normalized spacial score (nSPS) is 19.1. The number of aryl methyl sites for hydroxylation is 1. The Morgan fingerprint density at radius 3 is 2.85 bits per heavy atom. The maximum absolute atomic E-state index is 5.73. The zero-order valence-corrected chi connectivity index (χ0v) is 12.4. The number of hydrogen-bond acceptors (Lipinski definition) is 3. The summed E-state index contributed by atoms with van der Waals surface area (Å²) in [5, 5.41) is 0. The van der Waals surface area contributed by atoms with E-state index in [0.717, 1.165) is 32.5 Å². The number of unbranched alkanes of at least 4 members (excludes halogenated alkanes) is 4. The summed E-state index contributed by atoms with van der Waals surface area (Å²) in [5.41, 5.74) is 1.35. The third-order valence-corrected chi connectivity index (χ3v) is 3.77. The van der Waals surface area contributed by atoms with E-state index in [9.17, 15) is 0 Å². The van der Waals surface area contributed by atoms with Gasteiger partial charge in [-0.1, -0.05) is 25.3 Å². The molecule has 0 bridgehead atoms. The largest absolute Gasteiger partial charge is 0.353 e. The molecule has 0 N–H and O–H groups in total. The highest BCUT2D eigenvalue weighted by atomic mass is 16.7. The summed E-state index contributed by atoms with van der Waals surface area (Å²) in [6.45, 7) is 1.73. The van der Waals surface area contributed by atoms with Crippen LogP contribution in [0, 0.1) is 0 Å². The van der Waals surface area contributed by atoms with Gasteiger partial charge in [0.1, 0.15) is 0 Å². The summed E-state index contributed by atoms with van der Waals surface area (Å²) in [6, 6.07) is 4.17. The minimum Gasteiger partial charge on any atom is -0.353 e. The Bertz CT molecular complexity index is 336. The molecule has 1 atom stereocenters. The number of aromatic nitrogens is 1. The average Bonchev–Trinajstić information content (AvgIpc) is 2.52. The van der Waals surface area contributed by atoms with Crippen LogP contribution in [0.3, 0.4) is 0 Å². The molecular formula is C17H27NO2. The monoisotopic (exact) mass is 277 g/mol. The van der Waals surface area contributed by atoms with Crippen molar-refractivity contribution in [2.24, 2.45) is 0 Å². The van der Waals surface area contributed by atoms with Gasteiger partial charge in [-0.15, -0.1) is 0 Å². The summed E-state index contributed by atoms with van der Waals surface area (Å²) in [6.07, 6.45) is 14.8. The molecule has 2 heterocycles. The predicted molar refractivity (Wildman–Crippen MR) is 80.6 cm³/mol. The van der Waals surface area contributed by atoms with Crippen molar-refractivity contribution < 1.29 is 9.47 Å². The van der Waals surface area contributed by atoms with Crippen molar-refractivity contribution in [1.82, 2.24) is 4.98 Å². The quantitative estimate of drug-likeness (QED) is 0.636. The number of rotatable bonds is 9. The summed E-state index contributed by atoms with van der Waals surface area (Å²) in [4.78, 5) is 4.14. The highest BCUT2D eigenvalue weighted by Crippen LogP contribution is 2.14. The molecule has 1 unspecified atom stereocenters. The van der Waals surface area contributed by atoms with E-state index in [1.54, 1.807) is 0 Å². The van der Waals surface area contributed by atoms with Crippen molar-refractivity contribution in [3.63, 3.8) is 0 Å². The third-order valence-electron chi connectivity index (χ3n) is 3.77. The van der Waals surface area contributed by atoms with Crippen LogP contribution in [-0.2, 0) is 15.9 Å². The smallest absolute Gasteiger partial charge is 0.157 e. The lowest BCUT2D eigenvalue weighted by Crippen LogP contribution is -2.22. The molecule has 1 aliphatic heterocycles. The highest BCUT2D eigenvalue weighted by Gasteiger charge is 2.13. The highest BCUT2D eigenvalue weighted by molar-refractivity contribution is 5.08. The molecule has 1 aromatic heterocycles. The van der Waals surface area contributed by atoms with Crippen LogP contribution in [0.2, 0.25) is 0 Å². The second kappa shape index (κ2) is 9.89. The second-order valence-corrected chi connectivity index (χ2v) is 5.55.